The normalized spacial score (nSPS) is 25.1. The molecule has 3 nitrogen and oxygen atoms in total. The van der Waals surface area contributed by atoms with E-state index in [1.54, 1.807) is 18.2 Å². The highest BCUT2D eigenvalue weighted by Gasteiger charge is 2.45. The predicted molar refractivity (Wildman–Crippen MR) is 72.0 cm³/mol. The molecule has 0 aromatic carbocycles. The summed E-state index contributed by atoms with van der Waals surface area (Å²) in [6.45, 7) is 4.42. The summed E-state index contributed by atoms with van der Waals surface area (Å²) in [5.74, 6) is -0.911. The fraction of sp³-hybridized carbons (Fsp3) is 0.643. The van der Waals surface area contributed by atoms with Crippen molar-refractivity contribution in [2.45, 2.75) is 44.9 Å². The van der Waals surface area contributed by atoms with Gasteiger partial charge in [-0.05, 0) is 45.4 Å². The maximum Gasteiger partial charge on any atom is 0.391 e. The van der Waals surface area contributed by atoms with Crippen molar-refractivity contribution in [1.82, 2.24) is 9.88 Å². The Morgan fingerprint density at radius 3 is 2.60 bits per heavy atom. The summed E-state index contributed by atoms with van der Waals surface area (Å²) in [4.78, 5) is 6.29. The number of pyridine rings is 1. The van der Waals surface area contributed by atoms with Gasteiger partial charge < -0.3 is 5.73 Å². The largest absolute Gasteiger partial charge is 0.391 e. The van der Waals surface area contributed by atoms with E-state index < -0.39 is 12.1 Å². The third kappa shape index (κ3) is 3.23. The summed E-state index contributed by atoms with van der Waals surface area (Å²) >= 11 is 0. The van der Waals surface area contributed by atoms with Crippen LogP contribution in [0.5, 0.6) is 0 Å². The molecule has 2 rings (SSSR count). The second kappa shape index (κ2) is 5.60. The zero-order valence-electron chi connectivity index (χ0n) is 11.7. The zero-order valence-corrected chi connectivity index (χ0v) is 11.7. The van der Waals surface area contributed by atoms with Gasteiger partial charge in [-0.2, -0.15) is 13.2 Å². The first kappa shape index (κ1) is 15.1. The topological polar surface area (TPSA) is 42.1 Å². The molecule has 1 aromatic rings. The zero-order chi connectivity index (χ0) is 14.9. The summed E-state index contributed by atoms with van der Waals surface area (Å²) < 4.78 is 38.9. The van der Waals surface area contributed by atoms with Crippen LogP contribution in [0.2, 0.25) is 0 Å². The number of hydrogen-bond donors (Lipinski definition) is 1. The van der Waals surface area contributed by atoms with Gasteiger partial charge in [-0.25, -0.2) is 4.98 Å². The third-order valence-corrected chi connectivity index (χ3v) is 3.90. The van der Waals surface area contributed by atoms with Crippen LogP contribution in [0.4, 0.5) is 19.0 Å². The number of nitrogen functional groups attached to an aromatic ring is 1. The van der Waals surface area contributed by atoms with E-state index in [1.807, 2.05) is 13.8 Å². The van der Waals surface area contributed by atoms with E-state index in [1.165, 1.54) is 0 Å². The number of nitrogens with zero attached hydrogens (tertiary/aromatic N) is 2. The van der Waals surface area contributed by atoms with Gasteiger partial charge in [0.15, 0.2) is 0 Å². The number of rotatable bonds is 2. The molecule has 0 aliphatic carbocycles. The number of likely N-dealkylation sites (tertiary alicyclic amines) is 1. The maximum absolute atomic E-state index is 13.0. The molecule has 2 heterocycles. The van der Waals surface area contributed by atoms with Crippen molar-refractivity contribution in [1.29, 1.82) is 0 Å². The van der Waals surface area contributed by atoms with Crippen molar-refractivity contribution in [2.24, 2.45) is 5.92 Å². The monoisotopic (exact) mass is 287 g/mol. The van der Waals surface area contributed by atoms with Crippen molar-refractivity contribution in [2.75, 3.05) is 12.3 Å². The Labute approximate surface area is 117 Å². The summed E-state index contributed by atoms with van der Waals surface area (Å²) in [5.41, 5.74) is 6.29. The summed E-state index contributed by atoms with van der Waals surface area (Å²) in [6, 6.07) is 5.01. The average Bonchev–Trinajstić information content (AvgIpc) is 2.37. The minimum absolute atomic E-state index is 0.0537. The highest BCUT2D eigenvalue weighted by molar-refractivity contribution is 5.30. The lowest BCUT2D eigenvalue weighted by atomic mass is 9.87. The fourth-order valence-corrected chi connectivity index (χ4v) is 2.84. The number of piperidine rings is 1. The smallest absolute Gasteiger partial charge is 0.384 e. The first-order valence-corrected chi connectivity index (χ1v) is 6.84. The van der Waals surface area contributed by atoms with Gasteiger partial charge in [-0.1, -0.05) is 6.07 Å². The van der Waals surface area contributed by atoms with E-state index in [-0.39, 0.29) is 24.9 Å². The summed E-state index contributed by atoms with van der Waals surface area (Å²) in [7, 11) is 0. The van der Waals surface area contributed by atoms with Crippen molar-refractivity contribution in [3.63, 3.8) is 0 Å². The lowest BCUT2D eigenvalue weighted by Crippen LogP contribution is -2.44. The highest BCUT2D eigenvalue weighted by atomic mass is 19.4. The Balaban J connectivity index is 2.28. The van der Waals surface area contributed by atoms with Crippen LogP contribution in [-0.4, -0.2) is 28.6 Å². The van der Waals surface area contributed by atoms with Crippen LogP contribution in [-0.2, 0) is 0 Å². The number of halogens is 3. The van der Waals surface area contributed by atoms with Gasteiger partial charge in [0, 0.05) is 6.04 Å². The van der Waals surface area contributed by atoms with Crippen molar-refractivity contribution in [3.05, 3.63) is 23.9 Å². The molecule has 1 fully saturated rings. The molecule has 2 atom stereocenters. The maximum atomic E-state index is 13.0. The van der Waals surface area contributed by atoms with Gasteiger partial charge in [-0.3, -0.25) is 4.90 Å². The molecule has 2 N–H and O–H groups in total. The second-order valence-electron chi connectivity index (χ2n) is 5.60. The molecule has 0 saturated carbocycles. The molecule has 1 aromatic heterocycles. The Morgan fingerprint density at radius 2 is 2.05 bits per heavy atom. The van der Waals surface area contributed by atoms with E-state index in [9.17, 15) is 13.2 Å². The minimum Gasteiger partial charge on any atom is -0.384 e. The van der Waals surface area contributed by atoms with E-state index >= 15 is 0 Å². The number of aromatic nitrogens is 1. The number of hydrogen-bond acceptors (Lipinski definition) is 3. The first-order valence-electron chi connectivity index (χ1n) is 6.84. The number of anilines is 1. The SMILES string of the molecule is CC(C)N1CC[C@@H](C(F)(F)F)C[C@H]1c1cccc(N)n1. The van der Waals surface area contributed by atoms with Gasteiger partial charge in [0.05, 0.1) is 17.7 Å². The molecule has 0 unspecified atom stereocenters. The predicted octanol–water partition coefficient (Wildman–Crippen LogP) is 3.39. The van der Waals surface area contributed by atoms with Crippen LogP contribution >= 0.6 is 0 Å². The molecule has 1 aliphatic heterocycles. The molecule has 0 spiro atoms. The van der Waals surface area contributed by atoms with Crippen LogP contribution in [0.15, 0.2) is 18.2 Å². The molecule has 1 saturated heterocycles. The van der Waals surface area contributed by atoms with Gasteiger partial charge in [0.2, 0.25) is 0 Å². The Hall–Kier alpha value is -1.30. The second-order valence-corrected chi connectivity index (χ2v) is 5.60. The minimum atomic E-state index is -4.14. The Morgan fingerprint density at radius 1 is 1.35 bits per heavy atom. The van der Waals surface area contributed by atoms with Crippen LogP contribution in [0.25, 0.3) is 0 Å². The van der Waals surface area contributed by atoms with Crippen LogP contribution in [0, 0.1) is 5.92 Å². The van der Waals surface area contributed by atoms with Crippen molar-refractivity contribution < 1.29 is 13.2 Å². The van der Waals surface area contributed by atoms with Gasteiger partial charge >= 0.3 is 6.18 Å². The molecular weight excluding hydrogens is 267 g/mol. The molecular formula is C14H20F3N3. The fourth-order valence-electron chi connectivity index (χ4n) is 2.84. The molecule has 20 heavy (non-hydrogen) atoms. The summed E-state index contributed by atoms with van der Waals surface area (Å²) in [6.07, 6.45) is -3.93. The van der Waals surface area contributed by atoms with Crippen LogP contribution < -0.4 is 5.73 Å². The standard InChI is InChI=1S/C14H20F3N3/c1-9(2)20-7-6-10(14(15,16)17)8-12(20)11-4-3-5-13(18)19-11/h3-5,9-10,12H,6-8H2,1-2H3,(H2,18,19)/t10-,12+/m1/s1. The van der Waals surface area contributed by atoms with E-state index in [4.69, 9.17) is 5.73 Å². The number of nitrogens with two attached hydrogens (primary N) is 1. The van der Waals surface area contributed by atoms with Crippen molar-refractivity contribution in [3.8, 4) is 0 Å². The first-order chi connectivity index (χ1) is 9.29. The quantitative estimate of drug-likeness (QED) is 0.906. The van der Waals surface area contributed by atoms with E-state index in [0.29, 0.717) is 18.1 Å². The molecule has 1 aliphatic rings. The number of alkyl halides is 3. The summed E-state index contributed by atoms with van der Waals surface area (Å²) in [5, 5.41) is 0. The molecule has 0 radical (unpaired) electrons. The third-order valence-electron chi connectivity index (χ3n) is 3.90. The molecule has 0 amide bonds. The average molecular weight is 287 g/mol. The lowest BCUT2D eigenvalue weighted by molar-refractivity contribution is -0.191. The van der Waals surface area contributed by atoms with Crippen molar-refractivity contribution >= 4 is 5.82 Å². The molecule has 6 heteroatoms. The molecule has 0 bridgehead atoms. The van der Waals surface area contributed by atoms with Gasteiger partial charge in [0.1, 0.15) is 5.82 Å². The lowest BCUT2D eigenvalue weighted by Gasteiger charge is -2.42. The Kier molecular flexibility index (Phi) is 4.22. The van der Waals surface area contributed by atoms with E-state index in [2.05, 4.69) is 9.88 Å². The highest BCUT2D eigenvalue weighted by Crippen LogP contribution is 2.42. The van der Waals surface area contributed by atoms with Crippen LogP contribution in [0.3, 0.4) is 0 Å². The van der Waals surface area contributed by atoms with E-state index in [0.717, 1.165) is 0 Å². The van der Waals surface area contributed by atoms with Gasteiger partial charge in [-0.15, -0.1) is 0 Å². The van der Waals surface area contributed by atoms with Gasteiger partial charge in [0.25, 0.3) is 0 Å². The Bertz CT molecular complexity index is 459. The van der Waals surface area contributed by atoms with Crippen LogP contribution in [0.1, 0.15) is 38.4 Å². The molecule has 112 valence electrons.